The maximum Gasteiger partial charge on any atom is 0.416 e. The molecule has 1 atom stereocenters. The largest absolute Gasteiger partial charge is 0.416 e. The van der Waals surface area contributed by atoms with Crippen molar-refractivity contribution in [2.45, 2.75) is 32.6 Å². The molecule has 170 valence electrons. The SMILES string of the molecule is CC(=O)C(C)N1CNC(N)=C(NC(=O)c2ccn(Cc3cccc(C(F)(F)F)c3)n2)C1=O. The lowest BCUT2D eigenvalue weighted by Gasteiger charge is -2.33. The lowest BCUT2D eigenvalue weighted by Crippen LogP contribution is -2.55. The molecule has 0 aliphatic carbocycles. The molecule has 9 nitrogen and oxygen atoms in total. The second kappa shape index (κ2) is 8.73. The number of halogens is 3. The summed E-state index contributed by atoms with van der Waals surface area (Å²) in [6, 6.07) is 5.41. The molecule has 12 heteroatoms. The van der Waals surface area contributed by atoms with Crippen molar-refractivity contribution in [3.63, 3.8) is 0 Å². The van der Waals surface area contributed by atoms with Crippen molar-refractivity contribution in [3.8, 4) is 0 Å². The number of nitrogens with one attached hydrogen (secondary N) is 2. The molecule has 1 aliphatic rings. The van der Waals surface area contributed by atoms with E-state index >= 15 is 0 Å². The Morgan fingerprint density at radius 3 is 2.69 bits per heavy atom. The van der Waals surface area contributed by atoms with Gasteiger partial charge in [-0.2, -0.15) is 18.3 Å². The normalized spacial score (nSPS) is 15.4. The van der Waals surface area contributed by atoms with Crippen LogP contribution in [0, 0.1) is 0 Å². The van der Waals surface area contributed by atoms with E-state index in [9.17, 15) is 27.6 Å². The summed E-state index contributed by atoms with van der Waals surface area (Å²) in [7, 11) is 0. The summed E-state index contributed by atoms with van der Waals surface area (Å²) in [5.74, 6) is -1.66. The van der Waals surface area contributed by atoms with E-state index in [1.165, 1.54) is 40.9 Å². The van der Waals surface area contributed by atoms with E-state index in [1.807, 2.05) is 0 Å². The molecule has 0 bridgehead atoms. The van der Waals surface area contributed by atoms with Crippen molar-refractivity contribution >= 4 is 17.6 Å². The first-order valence-corrected chi connectivity index (χ1v) is 9.53. The van der Waals surface area contributed by atoms with Crippen LogP contribution in [0.3, 0.4) is 0 Å². The number of aromatic nitrogens is 2. The van der Waals surface area contributed by atoms with Crippen molar-refractivity contribution in [1.82, 2.24) is 25.3 Å². The van der Waals surface area contributed by atoms with Crippen LogP contribution in [0.4, 0.5) is 13.2 Å². The number of benzene rings is 1. The quantitative estimate of drug-likeness (QED) is 0.608. The summed E-state index contributed by atoms with van der Waals surface area (Å²) in [5.41, 5.74) is 5.07. The van der Waals surface area contributed by atoms with E-state index in [4.69, 9.17) is 5.73 Å². The number of ketones is 1. The van der Waals surface area contributed by atoms with Gasteiger partial charge in [0.15, 0.2) is 11.5 Å². The third kappa shape index (κ3) is 4.90. The number of hydrogen-bond acceptors (Lipinski definition) is 6. The lowest BCUT2D eigenvalue weighted by molar-refractivity contribution is -0.137. The van der Waals surface area contributed by atoms with Gasteiger partial charge < -0.3 is 21.3 Å². The predicted octanol–water partition coefficient (Wildman–Crippen LogP) is 1.17. The molecule has 0 saturated heterocycles. The van der Waals surface area contributed by atoms with Crippen molar-refractivity contribution in [2.24, 2.45) is 5.73 Å². The van der Waals surface area contributed by atoms with Gasteiger partial charge in [-0.15, -0.1) is 0 Å². The molecule has 0 fully saturated rings. The van der Waals surface area contributed by atoms with Gasteiger partial charge in [0.25, 0.3) is 11.8 Å². The average Bonchev–Trinajstić information content (AvgIpc) is 3.18. The Bertz CT molecular complexity index is 1090. The molecule has 0 saturated carbocycles. The van der Waals surface area contributed by atoms with Crippen molar-refractivity contribution < 1.29 is 27.6 Å². The van der Waals surface area contributed by atoms with E-state index in [0.29, 0.717) is 5.56 Å². The molecular formula is C20H21F3N6O3. The molecule has 1 aromatic carbocycles. The van der Waals surface area contributed by atoms with Crippen LogP contribution in [0.2, 0.25) is 0 Å². The van der Waals surface area contributed by atoms with E-state index in [2.05, 4.69) is 15.7 Å². The number of amides is 2. The Kier molecular flexibility index (Phi) is 6.23. The van der Waals surface area contributed by atoms with Gasteiger partial charge in [0.1, 0.15) is 11.5 Å². The smallest absolute Gasteiger partial charge is 0.384 e. The highest BCUT2D eigenvalue weighted by Gasteiger charge is 2.33. The summed E-state index contributed by atoms with van der Waals surface area (Å²) in [6.45, 7) is 2.91. The Morgan fingerprint density at radius 2 is 2.03 bits per heavy atom. The Balaban J connectivity index is 1.72. The standard InChI is InChI=1S/C20H21F3N6O3/c1-11(12(2)30)29-10-25-17(24)16(19(29)32)26-18(31)15-6-7-28(27-15)9-13-4-3-5-14(8-13)20(21,22)23/h3-8,11,25H,9-10,24H2,1-2H3,(H,26,31). The Hall–Kier alpha value is -3.83. The number of carbonyl (C=O) groups is 3. The van der Waals surface area contributed by atoms with Crippen LogP contribution in [0.1, 0.15) is 35.5 Å². The third-order valence-corrected chi connectivity index (χ3v) is 4.95. The fourth-order valence-electron chi connectivity index (χ4n) is 3.02. The van der Waals surface area contributed by atoms with Crippen LogP contribution < -0.4 is 16.4 Å². The average molecular weight is 450 g/mol. The van der Waals surface area contributed by atoms with Gasteiger partial charge in [0, 0.05) is 6.20 Å². The van der Waals surface area contributed by atoms with E-state index in [1.54, 1.807) is 6.92 Å². The zero-order valence-corrected chi connectivity index (χ0v) is 17.2. The molecule has 0 radical (unpaired) electrons. The Morgan fingerprint density at radius 1 is 1.31 bits per heavy atom. The van der Waals surface area contributed by atoms with Gasteiger partial charge in [0.05, 0.1) is 24.8 Å². The van der Waals surface area contributed by atoms with Gasteiger partial charge in [-0.1, -0.05) is 12.1 Å². The molecule has 2 heterocycles. The molecule has 2 amide bonds. The van der Waals surface area contributed by atoms with Gasteiger partial charge >= 0.3 is 6.18 Å². The minimum absolute atomic E-state index is 0.00637. The highest BCUT2D eigenvalue weighted by atomic mass is 19.4. The number of nitrogens with two attached hydrogens (primary N) is 1. The lowest BCUT2D eigenvalue weighted by atomic mass is 10.1. The van der Waals surface area contributed by atoms with Crippen LogP contribution in [0.5, 0.6) is 0 Å². The molecule has 32 heavy (non-hydrogen) atoms. The number of rotatable bonds is 6. The van der Waals surface area contributed by atoms with E-state index < -0.39 is 29.6 Å². The first-order valence-electron chi connectivity index (χ1n) is 9.53. The first kappa shape index (κ1) is 22.8. The molecule has 4 N–H and O–H groups in total. The summed E-state index contributed by atoms with van der Waals surface area (Å²) < 4.78 is 39.9. The molecule has 3 rings (SSSR count). The molecule has 0 spiro atoms. The molecular weight excluding hydrogens is 429 g/mol. The van der Waals surface area contributed by atoms with Gasteiger partial charge in [-0.25, -0.2) is 0 Å². The maximum atomic E-state index is 12.9. The molecule has 1 aliphatic heterocycles. The first-order chi connectivity index (χ1) is 15.0. The van der Waals surface area contributed by atoms with Crippen molar-refractivity contribution in [1.29, 1.82) is 0 Å². The van der Waals surface area contributed by atoms with Crippen LogP contribution in [0.15, 0.2) is 48.0 Å². The molecule has 2 aromatic rings. The summed E-state index contributed by atoms with van der Waals surface area (Å²) in [4.78, 5) is 38.1. The summed E-state index contributed by atoms with van der Waals surface area (Å²) in [5, 5.41) is 9.19. The number of hydrogen-bond donors (Lipinski definition) is 3. The zero-order valence-electron chi connectivity index (χ0n) is 17.2. The van der Waals surface area contributed by atoms with E-state index in [-0.39, 0.29) is 36.2 Å². The number of Topliss-reactive ketones (excluding diaryl/α,β-unsaturated/α-hetero) is 1. The highest BCUT2D eigenvalue weighted by molar-refractivity contribution is 6.03. The van der Waals surface area contributed by atoms with Crippen molar-refractivity contribution in [2.75, 3.05) is 6.67 Å². The second-order valence-electron chi connectivity index (χ2n) is 7.24. The Labute approximate surface area is 181 Å². The third-order valence-electron chi connectivity index (χ3n) is 4.95. The van der Waals surface area contributed by atoms with Gasteiger partial charge in [0.2, 0.25) is 0 Å². The predicted molar refractivity (Wildman–Crippen MR) is 106 cm³/mol. The fraction of sp³-hybridized carbons (Fsp3) is 0.300. The minimum Gasteiger partial charge on any atom is -0.384 e. The van der Waals surface area contributed by atoms with Crippen LogP contribution >= 0.6 is 0 Å². The summed E-state index contributed by atoms with van der Waals surface area (Å²) in [6.07, 6.45) is -3.04. The zero-order chi connectivity index (χ0) is 23.6. The number of nitrogens with zero attached hydrogens (tertiary/aromatic N) is 3. The summed E-state index contributed by atoms with van der Waals surface area (Å²) >= 11 is 0. The monoisotopic (exact) mass is 450 g/mol. The van der Waals surface area contributed by atoms with Crippen molar-refractivity contribution in [3.05, 3.63) is 64.9 Å². The minimum atomic E-state index is -4.47. The van der Waals surface area contributed by atoms with Crippen LogP contribution in [-0.2, 0) is 22.3 Å². The maximum absolute atomic E-state index is 12.9. The number of carbonyl (C=O) groups excluding carboxylic acids is 3. The highest BCUT2D eigenvalue weighted by Crippen LogP contribution is 2.29. The van der Waals surface area contributed by atoms with Crippen LogP contribution in [0.25, 0.3) is 0 Å². The topological polar surface area (TPSA) is 122 Å². The van der Waals surface area contributed by atoms with Gasteiger partial charge in [-0.05, 0) is 37.6 Å². The fourth-order valence-corrected chi connectivity index (χ4v) is 3.02. The van der Waals surface area contributed by atoms with E-state index in [0.717, 1.165) is 12.1 Å². The second-order valence-corrected chi connectivity index (χ2v) is 7.24. The van der Waals surface area contributed by atoms with Gasteiger partial charge in [-0.3, -0.25) is 19.1 Å². The van der Waals surface area contributed by atoms with Crippen LogP contribution in [-0.4, -0.2) is 45.0 Å². The number of alkyl halides is 3. The molecule has 1 unspecified atom stereocenters. The molecule has 1 aromatic heterocycles.